The molecule has 3 rings (SSSR count). The van der Waals surface area contributed by atoms with Crippen LogP contribution >= 0.6 is 27.3 Å². The highest BCUT2D eigenvalue weighted by molar-refractivity contribution is 9.10. The lowest BCUT2D eigenvalue weighted by Gasteiger charge is -2.08. The molecule has 18 heavy (non-hydrogen) atoms. The van der Waals surface area contributed by atoms with Gasteiger partial charge in [-0.1, -0.05) is 18.2 Å². The van der Waals surface area contributed by atoms with Crippen molar-refractivity contribution >= 4 is 43.9 Å². The summed E-state index contributed by atoms with van der Waals surface area (Å²) in [5, 5.41) is 6.67. The Bertz CT molecular complexity index is 665. The first kappa shape index (κ1) is 11.7. The number of pyridine rings is 1. The maximum absolute atomic E-state index is 4.47. The molecule has 0 saturated heterocycles. The molecule has 4 heteroatoms. The summed E-state index contributed by atoms with van der Waals surface area (Å²) in [5.41, 5.74) is 2.09. The second-order valence-corrected chi connectivity index (χ2v) is 5.91. The van der Waals surface area contributed by atoms with Crippen molar-refractivity contribution in [3.8, 4) is 0 Å². The van der Waals surface area contributed by atoms with Crippen molar-refractivity contribution in [1.82, 2.24) is 4.98 Å². The number of hydrogen-bond acceptors (Lipinski definition) is 3. The van der Waals surface area contributed by atoms with Gasteiger partial charge in [0.2, 0.25) is 0 Å². The van der Waals surface area contributed by atoms with E-state index in [-0.39, 0.29) is 0 Å². The van der Waals surface area contributed by atoms with E-state index < -0.39 is 0 Å². The highest BCUT2D eigenvalue weighted by atomic mass is 79.9. The van der Waals surface area contributed by atoms with Crippen LogP contribution < -0.4 is 5.32 Å². The van der Waals surface area contributed by atoms with Crippen LogP contribution in [0.3, 0.4) is 0 Å². The summed E-state index contributed by atoms with van der Waals surface area (Å²) in [6, 6.07) is 12.5. The van der Waals surface area contributed by atoms with Crippen molar-refractivity contribution in [3.63, 3.8) is 0 Å². The first-order chi connectivity index (χ1) is 8.83. The number of fused-ring (bicyclic) bond motifs is 1. The molecule has 0 fully saturated rings. The van der Waals surface area contributed by atoms with Gasteiger partial charge in [-0.25, -0.2) is 0 Å². The van der Waals surface area contributed by atoms with E-state index in [0.29, 0.717) is 0 Å². The number of aromatic nitrogens is 1. The summed E-state index contributed by atoms with van der Waals surface area (Å²) in [6.07, 6.45) is 1.83. The van der Waals surface area contributed by atoms with E-state index in [1.807, 2.05) is 12.3 Å². The van der Waals surface area contributed by atoms with Gasteiger partial charge in [0.15, 0.2) is 0 Å². The highest BCUT2D eigenvalue weighted by Gasteiger charge is 2.02. The molecule has 0 amide bonds. The van der Waals surface area contributed by atoms with Crippen LogP contribution in [-0.4, -0.2) is 4.98 Å². The molecule has 1 aromatic carbocycles. The zero-order valence-corrected chi connectivity index (χ0v) is 12.0. The van der Waals surface area contributed by atoms with Gasteiger partial charge in [-0.3, -0.25) is 4.98 Å². The SMILES string of the molecule is Brc1cnc2c(NCc3cccs3)cccc2c1. The van der Waals surface area contributed by atoms with Gasteiger partial charge in [0.05, 0.1) is 11.2 Å². The molecule has 90 valence electrons. The molecule has 1 N–H and O–H groups in total. The second-order valence-electron chi connectivity index (χ2n) is 3.96. The molecule has 0 bridgehead atoms. The zero-order chi connectivity index (χ0) is 12.4. The number of anilines is 1. The number of rotatable bonds is 3. The molecule has 0 unspecified atom stereocenters. The number of thiophene rings is 1. The molecule has 0 aliphatic carbocycles. The number of halogens is 1. The van der Waals surface area contributed by atoms with E-state index in [1.165, 1.54) is 4.88 Å². The van der Waals surface area contributed by atoms with Gasteiger partial charge < -0.3 is 5.32 Å². The fourth-order valence-corrected chi connectivity index (χ4v) is 2.87. The van der Waals surface area contributed by atoms with Crippen LogP contribution in [0.15, 0.2) is 52.4 Å². The first-order valence-corrected chi connectivity index (χ1v) is 7.31. The van der Waals surface area contributed by atoms with Crippen molar-refractivity contribution in [2.75, 3.05) is 5.32 Å². The monoisotopic (exact) mass is 318 g/mol. The third-order valence-corrected chi connectivity index (χ3v) is 4.02. The van der Waals surface area contributed by atoms with Gasteiger partial charge in [-0.15, -0.1) is 11.3 Å². The molecule has 2 nitrogen and oxygen atoms in total. The van der Waals surface area contributed by atoms with Gasteiger partial charge in [0.1, 0.15) is 0 Å². The lowest BCUT2D eigenvalue weighted by molar-refractivity contribution is 1.19. The van der Waals surface area contributed by atoms with Crippen LogP contribution in [-0.2, 0) is 6.54 Å². The predicted molar refractivity (Wildman–Crippen MR) is 81.1 cm³/mol. The Morgan fingerprint density at radius 2 is 2.17 bits per heavy atom. The number of benzene rings is 1. The lowest BCUT2D eigenvalue weighted by Crippen LogP contribution is -1.98. The quantitative estimate of drug-likeness (QED) is 0.759. The summed E-state index contributed by atoms with van der Waals surface area (Å²) in [7, 11) is 0. The van der Waals surface area contributed by atoms with Gasteiger partial charge in [-0.2, -0.15) is 0 Å². The van der Waals surface area contributed by atoms with E-state index in [0.717, 1.165) is 27.6 Å². The molecule has 3 aromatic rings. The van der Waals surface area contributed by atoms with E-state index in [1.54, 1.807) is 11.3 Å². The smallest absolute Gasteiger partial charge is 0.0934 e. The molecular weight excluding hydrogens is 308 g/mol. The lowest BCUT2D eigenvalue weighted by atomic mass is 10.2. The molecule has 0 spiro atoms. The average Bonchev–Trinajstić information content (AvgIpc) is 2.89. The van der Waals surface area contributed by atoms with Crippen LogP contribution in [0.2, 0.25) is 0 Å². The summed E-state index contributed by atoms with van der Waals surface area (Å²) in [6.45, 7) is 0.842. The maximum Gasteiger partial charge on any atom is 0.0934 e. The number of para-hydroxylation sites is 1. The molecule has 0 radical (unpaired) electrons. The molecular formula is C14H11BrN2S. The summed E-state index contributed by atoms with van der Waals surface area (Å²) in [4.78, 5) is 5.80. The predicted octanol–water partition coefficient (Wildman–Crippen LogP) is 4.67. The topological polar surface area (TPSA) is 24.9 Å². The first-order valence-electron chi connectivity index (χ1n) is 5.63. The molecule has 0 aliphatic heterocycles. The second kappa shape index (κ2) is 5.08. The molecule has 0 saturated carbocycles. The fraction of sp³-hybridized carbons (Fsp3) is 0.0714. The van der Waals surface area contributed by atoms with Crippen LogP contribution in [0.5, 0.6) is 0 Å². The summed E-state index contributed by atoms with van der Waals surface area (Å²) < 4.78 is 1.01. The highest BCUT2D eigenvalue weighted by Crippen LogP contribution is 2.24. The number of hydrogen-bond donors (Lipinski definition) is 1. The van der Waals surface area contributed by atoms with Crippen molar-refractivity contribution in [2.45, 2.75) is 6.54 Å². The summed E-state index contributed by atoms with van der Waals surface area (Å²) in [5.74, 6) is 0. The normalized spacial score (nSPS) is 10.7. The van der Waals surface area contributed by atoms with Crippen molar-refractivity contribution < 1.29 is 0 Å². The Morgan fingerprint density at radius 1 is 1.22 bits per heavy atom. The summed E-state index contributed by atoms with van der Waals surface area (Å²) >= 11 is 5.21. The Morgan fingerprint density at radius 3 is 3.00 bits per heavy atom. The minimum atomic E-state index is 0.842. The maximum atomic E-state index is 4.47. The molecule has 2 aromatic heterocycles. The third-order valence-electron chi connectivity index (χ3n) is 2.71. The van der Waals surface area contributed by atoms with Crippen LogP contribution in [0.25, 0.3) is 10.9 Å². The number of nitrogens with one attached hydrogen (secondary N) is 1. The Kier molecular flexibility index (Phi) is 3.30. The Labute approximate surface area is 118 Å². The van der Waals surface area contributed by atoms with Crippen molar-refractivity contribution in [2.24, 2.45) is 0 Å². The average molecular weight is 319 g/mol. The minimum absolute atomic E-state index is 0.842. The van der Waals surface area contributed by atoms with Gasteiger partial charge in [0.25, 0.3) is 0 Å². The minimum Gasteiger partial charge on any atom is -0.378 e. The van der Waals surface area contributed by atoms with E-state index in [4.69, 9.17) is 0 Å². The Balaban J connectivity index is 1.92. The van der Waals surface area contributed by atoms with Gasteiger partial charge in [-0.05, 0) is 39.5 Å². The van der Waals surface area contributed by atoms with E-state index in [9.17, 15) is 0 Å². The van der Waals surface area contributed by atoms with Crippen LogP contribution in [0, 0.1) is 0 Å². The third kappa shape index (κ3) is 2.40. The molecule has 0 aliphatic rings. The van der Waals surface area contributed by atoms with Gasteiger partial charge in [0, 0.05) is 27.5 Å². The van der Waals surface area contributed by atoms with Crippen LogP contribution in [0.1, 0.15) is 4.88 Å². The molecule has 0 atom stereocenters. The van der Waals surface area contributed by atoms with Crippen LogP contribution in [0.4, 0.5) is 5.69 Å². The number of nitrogens with zero attached hydrogens (tertiary/aromatic N) is 1. The zero-order valence-electron chi connectivity index (χ0n) is 9.56. The van der Waals surface area contributed by atoms with Gasteiger partial charge >= 0.3 is 0 Å². The fourth-order valence-electron chi connectivity index (χ4n) is 1.87. The largest absolute Gasteiger partial charge is 0.378 e. The molecule has 2 heterocycles. The Hall–Kier alpha value is -1.39. The standard InChI is InChI=1S/C14H11BrN2S/c15-11-7-10-3-1-5-13(14(10)17-8-11)16-9-12-4-2-6-18-12/h1-8,16H,9H2. The van der Waals surface area contributed by atoms with E-state index in [2.05, 4.69) is 61.9 Å². The van der Waals surface area contributed by atoms with Crippen molar-refractivity contribution in [3.05, 3.63) is 57.3 Å². The van der Waals surface area contributed by atoms with E-state index >= 15 is 0 Å². The van der Waals surface area contributed by atoms with Crippen molar-refractivity contribution in [1.29, 1.82) is 0 Å².